The third kappa shape index (κ3) is 1.95. The van der Waals surface area contributed by atoms with Gasteiger partial charge in [0.1, 0.15) is 5.71 Å². The summed E-state index contributed by atoms with van der Waals surface area (Å²) in [7, 11) is 0. The molecule has 0 saturated heterocycles. The van der Waals surface area contributed by atoms with E-state index in [0.717, 1.165) is 6.20 Å². The molecule has 13 heavy (non-hydrogen) atoms. The molecule has 0 aliphatic heterocycles. The Kier molecular flexibility index (Phi) is 2.22. The molecule has 70 valence electrons. The summed E-state index contributed by atoms with van der Waals surface area (Å²) in [5.41, 5.74) is 3.27. The Morgan fingerprint density at radius 3 is 2.54 bits per heavy atom. The fraction of sp³-hybridized carbons (Fsp3) is 0.143. The van der Waals surface area contributed by atoms with Gasteiger partial charge in [0, 0.05) is 23.6 Å². The fourth-order valence-electron chi connectivity index (χ4n) is 0.767. The van der Waals surface area contributed by atoms with Crippen LogP contribution in [0.2, 0.25) is 0 Å². The van der Waals surface area contributed by atoms with E-state index in [1.165, 1.54) is 12.3 Å². The number of rotatable bonds is 1. The molecule has 0 amide bonds. The van der Waals surface area contributed by atoms with E-state index in [1.807, 2.05) is 0 Å². The van der Waals surface area contributed by atoms with Gasteiger partial charge < -0.3 is 5.73 Å². The Morgan fingerprint density at radius 2 is 2.08 bits per heavy atom. The van der Waals surface area contributed by atoms with E-state index in [2.05, 4.69) is 4.98 Å². The SMILES string of the molecule is N=C(c1cnccc1N)C(F)(F)F. The van der Waals surface area contributed by atoms with Gasteiger partial charge in [-0.1, -0.05) is 0 Å². The van der Waals surface area contributed by atoms with Crippen LogP contribution in [0.25, 0.3) is 0 Å². The minimum atomic E-state index is -4.68. The van der Waals surface area contributed by atoms with Crippen molar-refractivity contribution < 1.29 is 13.2 Å². The number of nitrogen functional groups attached to an aromatic ring is 1. The van der Waals surface area contributed by atoms with Crippen molar-refractivity contribution in [3.8, 4) is 0 Å². The smallest absolute Gasteiger partial charge is 0.398 e. The summed E-state index contributed by atoms with van der Waals surface area (Å²) in [6.45, 7) is 0. The zero-order chi connectivity index (χ0) is 10.1. The molecule has 0 spiro atoms. The third-order valence-electron chi connectivity index (χ3n) is 1.41. The summed E-state index contributed by atoms with van der Waals surface area (Å²) in [5.74, 6) is 0. The molecule has 1 heterocycles. The van der Waals surface area contributed by atoms with Gasteiger partial charge in [0.05, 0.1) is 0 Å². The van der Waals surface area contributed by atoms with Crippen LogP contribution in [-0.4, -0.2) is 16.9 Å². The van der Waals surface area contributed by atoms with Crippen molar-refractivity contribution in [1.29, 1.82) is 5.41 Å². The van der Waals surface area contributed by atoms with Crippen LogP contribution in [0.3, 0.4) is 0 Å². The molecule has 3 N–H and O–H groups in total. The highest BCUT2D eigenvalue weighted by Gasteiger charge is 2.36. The average molecular weight is 189 g/mol. The Bertz CT molecular complexity index is 332. The number of nitrogens with zero attached hydrogens (tertiary/aromatic N) is 1. The molecule has 0 aromatic carbocycles. The first-order chi connectivity index (χ1) is 5.93. The summed E-state index contributed by atoms with van der Waals surface area (Å²) in [6, 6.07) is 1.22. The quantitative estimate of drug-likeness (QED) is 0.659. The normalized spacial score (nSPS) is 11.3. The van der Waals surface area contributed by atoms with Crippen LogP contribution < -0.4 is 5.73 Å². The number of aromatic nitrogens is 1. The number of nitrogens with one attached hydrogen (secondary N) is 1. The molecule has 0 unspecified atom stereocenters. The second-order valence-electron chi connectivity index (χ2n) is 2.34. The second-order valence-corrected chi connectivity index (χ2v) is 2.34. The van der Waals surface area contributed by atoms with Gasteiger partial charge in [-0.25, -0.2) is 0 Å². The molecular formula is C7H6F3N3. The van der Waals surface area contributed by atoms with Crippen molar-refractivity contribution in [1.82, 2.24) is 4.98 Å². The number of nitrogens with two attached hydrogens (primary N) is 1. The number of hydrogen-bond donors (Lipinski definition) is 2. The lowest BCUT2D eigenvalue weighted by Crippen LogP contribution is -2.23. The van der Waals surface area contributed by atoms with E-state index in [9.17, 15) is 13.2 Å². The maximum atomic E-state index is 12.0. The highest BCUT2D eigenvalue weighted by Crippen LogP contribution is 2.23. The molecule has 0 fully saturated rings. The zero-order valence-electron chi connectivity index (χ0n) is 6.39. The lowest BCUT2D eigenvalue weighted by molar-refractivity contribution is -0.0587. The monoisotopic (exact) mass is 189 g/mol. The Morgan fingerprint density at radius 1 is 1.46 bits per heavy atom. The lowest BCUT2D eigenvalue weighted by atomic mass is 10.1. The summed E-state index contributed by atoms with van der Waals surface area (Å²) < 4.78 is 36.0. The summed E-state index contributed by atoms with van der Waals surface area (Å²) in [6.07, 6.45) is -2.50. The van der Waals surface area contributed by atoms with Gasteiger partial charge in [0.25, 0.3) is 0 Å². The topological polar surface area (TPSA) is 62.8 Å². The van der Waals surface area contributed by atoms with Crippen molar-refractivity contribution in [3.05, 3.63) is 24.0 Å². The Hall–Kier alpha value is -1.59. The molecule has 6 heteroatoms. The van der Waals surface area contributed by atoms with Crippen LogP contribution in [0.15, 0.2) is 18.5 Å². The first-order valence-electron chi connectivity index (χ1n) is 3.28. The third-order valence-corrected chi connectivity index (χ3v) is 1.41. The van der Waals surface area contributed by atoms with Crippen molar-refractivity contribution >= 4 is 11.4 Å². The minimum absolute atomic E-state index is 0.0997. The zero-order valence-corrected chi connectivity index (χ0v) is 6.39. The van der Waals surface area contributed by atoms with Crippen LogP contribution in [-0.2, 0) is 0 Å². The van der Waals surface area contributed by atoms with Gasteiger partial charge in [-0.05, 0) is 6.07 Å². The molecule has 1 aromatic heterocycles. The lowest BCUT2D eigenvalue weighted by Gasteiger charge is -2.09. The van der Waals surface area contributed by atoms with E-state index in [1.54, 1.807) is 0 Å². The van der Waals surface area contributed by atoms with Gasteiger partial charge in [0.2, 0.25) is 0 Å². The molecule has 1 aromatic rings. The van der Waals surface area contributed by atoms with Gasteiger partial charge in [-0.15, -0.1) is 0 Å². The number of anilines is 1. The summed E-state index contributed by atoms with van der Waals surface area (Å²) in [5, 5.41) is 6.78. The summed E-state index contributed by atoms with van der Waals surface area (Å²) >= 11 is 0. The molecule has 0 bridgehead atoms. The molecule has 0 aliphatic rings. The highest BCUT2D eigenvalue weighted by molar-refractivity contribution is 6.05. The Balaban J connectivity index is 3.10. The first-order valence-corrected chi connectivity index (χ1v) is 3.28. The predicted molar refractivity (Wildman–Crippen MR) is 41.5 cm³/mol. The maximum absolute atomic E-state index is 12.0. The molecule has 1 rings (SSSR count). The van der Waals surface area contributed by atoms with E-state index < -0.39 is 17.5 Å². The number of halogens is 3. The van der Waals surface area contributed by atoms with E-state index in [-0.39, 0.29) is 5.69 Å². The predicted octanol–water partition coefficient (Wildman–Crippen LogP) is 1.59. The highest BCUT2D eigenvalue weighted by atomic mass is 19.4. The number of pyridine rings is 1. The first kappa shape index (κ1) is 9.50. The fourth-order valence-corrected chi connectivity index (χ4v) is 0.767. The number of alkyl halides is 3. The van der Waals surface area contributed by atoms with Crippen LogP contribution in [0.4, 0.5) is 18.9 Å². The van der Waals surface area contributed by atoms with Crippen molar-refractivity contribution in [2.75, 3.05) is 5.73 Å². The van der Waals surface area contributed by atoms with Crippen LogP contribution >= 0.6 is 0 Å². The molecule has 0 radical (unpaired) electrons. The average Bonchev–Trinajstić information content (AvgIpc) is 2.02. The van der Waals surface area contributed by atoms with Crippen LogP contribution in [0, 0.1) is 5.41 Å². The maximum Gasteiger partial charge on any atom is 0.433 e. The molecule has 0 saturated carbocycles. The van der Waals surface area contributed by atoms with Gasteiger partial charge >= 0.3 is 6.18 Å². The molecule has 0 atom stereocenters. The van der Waals surface area contributed by atoms with Gasteiger partial charge in [0.15, 0.2) is 0 Å². The van der Waals surface area contributed by atoms with Gasteiger partial charge in [-0.2, -0.15) is 13.2 Å². The van der Waals surface area contributed by atoms with Gasteiger partial charge in [-0.3, -0.25) is 10.4 Å². The molecule has 0 aliphatic carbocycles. The van der Waals surface area contributed by atoms with Crippen molar-refractivity contribution in [3.63, 3.8) is 0 Å². The van der Waals surface area contributed by atoms with E-state index >= 15 is 0 Å². The van der Waals surface area contributed by atoms with E-state index in [0.29, 0.717) is 0 Å². The summed E-state index contributed by atoms with van der Waals surface area (Å²) in [4.78, 5) is 3.46. The standard InChI is InChI=1S/C7H6F3N3/c8-7(9,10)6(12)4-3-13-2-1-5(4)11/h1-3,12H,(H2,11,13). The molecular weight excluding hydrogens is 183 g/mol. The molecule has 3 nitrogen and oxygen atoms in total. The second kappa shape index (κ2) is 3.04. The van der Waals surface area contributed by atoms with E-state index in [4.69, 9.17) is 11.1 Å². The van der Waals surface area contributed by atoms with Crippen LogP contribution in [0.5, 0.6) is 0 Å². The Labute approximate surface area is 71.9 Å². The van der Waals surface area contributed by atoms with Crippen molar-refractivity contribution in [2.45, 2.75) is 6.18 Å². The van der Waals surface area contributed by atoms with Crippen molar-refractivity contribution in [2.24, 2.45) is 0 Å². The van der Waals surface area contributed by atoms with Crippen LogP contribution in [0.1, 0.15) is 5.56 Å². The minimum Gasteiger partial charge on any atom is -0.398 e. The number of hydrogen-bond acceptors (Lipinski definition) is 3. The largest absolute Gasteiger partial charge is 0.433 e.